The lowest BCUT2D eigenvalue weighted by Gasteiger charge is -2.38. The molecule has 4 rings (SSSR count). The summed E-state index contributed by atoms with van der Waals surface area (Å²) >= 11 is 1.22. The van der Waals surface area contributed by atoms with Crippen LogP contribution in [0.2, 0.25) is 0 Å². The highest BCUT2D eigenvalue weighted by molar-refractivity contribution is 7.14. The summed E-state index contributed by atoms with van der Waals surface area (Å²) in [4.78, 5) is 30.9. The lowest BCUT2D eigenvalue weighted by atomic mass is 9.89. The SMILES string of the molecule is CCC1CC(C(=O)O)CCN1c1cnc(C(N)=NCNc2nc(-c3ccc(OC)c(C(F)(F)F)c3)cs2)cn1. The van der Waals surface area contributed by atoms with Crippen molar-refractivity contribution in [1.29, 1.82) is 0 Å². The maximum Gasteiger partial charge on any atom is 0.419 e. The van der Waals surface area contributed by atoms with E-state index in [1.807, 2.05) is 6.92 Å². The highest BCUT2D eigenvalue weighted by atomic mass is 32.1. The summed E-state index contributed by atoms with van der Waals surface area (Å²) in [6.45, 7) is 2.67. The largest absolute Gasteiger partial charge is 0.496 e. The second kappa shape index (κ2) is 11.8. The smallest absolute Gasteiger partial charge is 0.419 e. The van der Waals surface area contributed by atoms with Crippen LogP contribution in [0.25, 0.3) is 11.3 Å². The van der Waals surface area contributed by atoms with Gasteiger partial charge in [0.25, 0.3) is 0 Å². The van der Waals surface area contributed by atoms with E-state index in [2.05, 4.69) is 30.2 Å². The van der Waals surface area contributed by atoms with Gasteiger partial charge in [-0.25, -0.2) is 19.9 Å². The van der Waals surface area contributed by atoms with Crippen molar-refractivity contribution in [2.45, 2.75) is 38.4 Å². The number of amidine groups is 1. The minimum Gasteiger partial charge on any atom is -0.496 e. The van der Waals surface area contributed by atoms with Crippen LogP contribution in [-0.2, 0) is 11.0 Å². The number of alkyl halides is 3. The van der Waals surface area contributed by atoms with E-state index < -0.39 is 17.7 Å². The van der Waals surface area contributed by atoms with E-state index in [4.69, 9.17) is 10.5 Å². The Labute approximate surface area is 226 Å². The van der Waals surface area contributed by atoms with Crippen LogP contribution >= 0.6 is 11.3 Å². The molecule has 1 aromatic carbocycles. The van der Waals surface area contributed by atoms with Crippen molar-refractivity contribution in [3.63, 3.8) is 0 Å². The van der Waals surface area contributed by atoms with Crippen LogP contribution in [0.1, 0.15) is 37.4 Å². The molecule has 0 radical (unpaired) electrons. The molecule has 0 spiro atoms. The number of carboxylic acid groups (broad SMARTS) is 1. The van der Waals surface area contributed by atoms with Crippen LogP contribution in [0, 0.1) is 5.92 Å². The number of aliphatic imine (C=N–C) groups is 1. The van der Waals surface area contributed by atoms with Gasteiger partial charge in [0.1, 0.15) is 29.8 Å². The Balaban J connectivity index is 1.37. The van der Waals surface area contributed by atoms with Crippen molar-refractivity contribution < 1.29 is 27.8 Å². The summed E-state index contributed by atoms with van der Waals surface area (Å²) in [6, 6.07) is 3.86. The van der Waals surface area contributed by atoms with Gasteiger partial charge in [-0.2, -0.15) is 13.2 Å². The number of aromatic nitrogens is 3. The number of nitrogens with one attached hydrogen (secondary N) is 1. The van der Waals surface area contributed by atoms with Gasteiger partial charge in [-0.15, -0.1) is 11.3 Å². The predicted octanol–water partition coefficient (Wildman–Crippen LogP) is 4.48. The number of hydrogen-bond donors (Lipinski definition) is 3. The lowest BCUT2D eigenvalue weighted by molar-refractivity contribution is -0.142. The molecule has 1 saturated heterocycles. The van der Waals surface area contributed by atoms with Crippen LogP contribution in [0.15, 0.2) is 41.0 Å². The molecule has 2 unspecified atom stereocenters. The van der Waals surface area contributed by atoms with E-state index in [0.29, 0.717) is 47.3 Å². The monoisotopic (exact) mass is 563 g/mol. The number of carbonyl (C=O) groups is 1. The summed E-state index contributed by atoms with van der Waals surface area (Å²) in [5, 5.41) is 14.4. The minimum absolute atomic E-state index is 0.0661. The highest BCUT2D eigenvalue weighted by Crippen LogP contribution is 2.39. The normalized spacial score (nSPS) is 18.2. The topological polar surface area (TPSA) is 139 Å². The molecule has 1 aliphatic rings. The molecule has 3 aromatic rings. The molecule has 10 nitrogen and oxygen atoms in total. The molecule has 4 N–H and O–H groups in total. The molecule has 208 valence electrons. The number of nitrogens with two attached hydrogens (primary N) is 1. The van der Waals surface area contributed by atoms with Crippen molar-refractivity contribution in [2.75, 3.05) is 30.5 Å². The molecule has 2 atom stereocenters. The molecule has 0 bridgehead atoms. The van der Waals surface area contributed by atoms with E-state index in [9.17, 15) is 23.1 Å². The van der Waals surface area contributed by atoms with Gasteiger partial charge in [0.15, 0.2) is 5.13 Å². The Bertz CT molecular complexity index is 1330. The molecule has 39 heavy (non-hydrogen) atoms. The highest BCUT2D eigenvalue weighted by Gasteiger charge is 2.35. The van der Waals surface area contributed by atoms with E-state index in [0.717, 1.165) is 12.5 Å². The Morgan fingerprint density at radius 1 is 1.33 bits per heavy atom. The Hall–Kier alpha value is -3.94. The number of hydrogen-bond acceptors (Lipinski definition) is 9. The van der Waals surface area contributed by atoms with Crippen molar-refractivity contribution in [2.24, 2.45) is 16.6 Å². The molecule has 0 aliphatic carbocycles. The number of nitrogens with zero attached hydrogens (tertiary/aromatic N) is 5. The van der Waals surface area contributed by atoms with Gasteiger partial charge in [0.05, 0.1) is 36.7 Å². The van der Waals surface area contributed by atoms with E-state index >= 15 is 0 Å². The fourth-order valence-corrected chi connectivity index (χ4v) is 5.13. The molecule has 3 heterocycles. The number of aliphatic carboxylic acids is 1. The molecular weight excluding hydrogens is 535 g/mol. The molecule has 0 saturated carbocycles. The second-order valence-electron chi connectivity index (χ2n) is 8.90. The summed E-state index contributed by atoms with van der Waals surface area (Å²) in [7, 11) is 1.19. The molecule has 2 aromatic heterocycles. The zero-order valence-electron chi connectivity index (χ0n) is 21.3. The van der Waals surface area contributed by atoms with Gasteiger partial charge in [0.2, 0.25) is 0 Å². The number of rotatable bonds is 9. The Morgan fingerprint density at radius 2 is 2.13 bits per heavy atom. The Morgan fingerprint density at radius 3 is 2.77 bits per heavy atom. The number of piperidine rings is 1. The third-order valence-corrected chi connectivity index (χ3v) is 7.32. The average molecular weight is 564 g/mol. The van der Waals surface area contributed by atoms with Gasteiger partial charge in [-0.1, -0.05) is 6.92 Å². The van der Waals surface area contributed by atoms with Crippen LogP contribution in [0.3, 0.4) is 0 Å². The van der Waals surface area contributed by atoms with E-state index in [1.54, 1.807) is 11.6 Å². The van der Waals surface area contributed by atoms with Gasteiger partial charge in [-0.3, -0.25) is 4.79 Å². The first-order valence-electron chi connectivity index (χ1n) is 12.2. The Kier molecular flexibility index (Phi) is 8.53. The molecule has 14 heteroatoms. The van der Waals surface area contributed by atoms with E-state index in [1.165, 1.54) is 36.8 Å². The van der Waals surface area contributed by atoms with Crippen molar-refractivity contribution in [3.8, 4) is 17.0 Å². The van der Waals surface area contributed by atoms with Crippen LogP contribution in [0.5, 0.6) is 5.75 Å². The second-order valence-corrected chi connectivity index (χ2v) is 9.76. The number of halogens is 3. The van der Waals surface area contributed by atoms with E-state index in [-0.39, 0.29) is 30.2 Å². The fraction of sp³-hybridized carbons (Fsp3) is 0.400. The first kappa shape index (κ1) is 28.1. The van der Waals surface area contributed by atoms with Crippen LogP contribution < -0.4 is 20.7 Å². The zero-order chi connectivity index (χ0) is 28.2. The number of benzene rings is 1. The number of anilines is 2. The molecule has 0 amide bonds. The van der Waals surface area contributed by atoms with Crippen LogP contribution in [0.4, 0.5) is 24.1 Å². The molecular formula is C25H28F3N7O3S. The fourth-order valence-electron chi connectivity index (χ4n) is 4.42. The van der Waals surface area contributed by atoms with Gasteiger partial charge >= 0.3 is 12.1 Å². The van der Waals surface area contributed by atoms with Gasteiger partial charge in [0, 0.05) is 23.5 Å². The minimum atomic E-state index is -4.55. The first-order chi connectivity index (χ1) is 18.6. The third kappa shape index (κ3) is 6.56. The van der Waals surface area contributed by atoms with Gasteiger partial charge < -0.3 is 25.8 Å². The quantitative estimate of drug-likeness (QED) is 0.254. The van der Waals surface area contributed by atoms with Crippen molar-refractivity contribution >= 4 is 34.1 Å². The third-order valence-electron chi connectivity index (χ3n) is 6.52. The van der Waals surface area contributed by atoms with Crippen molar-refractivity contribution in [3.05, 3.63) is 47.2 Å². The zero-order valence-corrected chi connectivity index (χ0v) is 22.1. The number of thiazole rings is 1. The first-order valence-corrected chi connectivity index (χ1v) is 13.1. The predicted molar refractivity (Wildman–Crippen MR) is 142 cm³/mol. The summed E-state index contributed by atoms with van der Waals surface area (Å²) in [6.07, 6.45) is 0.471. The average Bonchev–Trinajstić information content (AvgIpc) is 3.40. The number of ether oxygens (including phenoxy) is 1. The number of carboxylic acids is 1. The van der Waals surface area contributed by atoms with Crippen LogP contribution in [-0.4, -0.2) is 58.2 Å². The standard InChI is InChI=1S/C25H28F3N7O3S/c1-3-16-8-15(23(36)37)6-7-35(16)21-11-30-18(10-31-21)22(29)32-13-33-24-34-19(12-39-24)14-4-5-20(38-2)17(9-14)25(26,27)28/h4-5,9-12,15-16H,3,6-8,13H2,1-2H3,(H2,29,32)(H,33,34)(H,36,37). The van der Waals surface area contributed by atoms with Gasteiger partial charge in [-0.05, 0) is 37.5 Å². The summed E-state index contributed by atoms with van der Waals surface area (Å²) in [5.74, 6) is -0.565. The summed E-state index contributed by atoms with van der Waals surface area (Å²) in [5.41, 5.74) is 6.27. The molecule has 1 fully saturated rings. The summed E-state index contributed by atoms with van der Waals surface area (Å²) < 4.78 is 44.9. The lowest BCUT2D eigenvalue weighted by Crippen LogP contribution is -2.44. The maximum atomic E-state index is 13.3. The maximum absolute atomic E-state index is 13.3. The molecule has 1 aliphatic heterocycles. The van der Waals surface area contributed by atoms with Crippen molar-refractivity contribution in [1.82, 2.24) is 15.0 Å². The number of methoxy groups -OCH3 is 1.